The maximum absolute atomic E-state index is 10.7. The molecule has 1 aliphatic rings. The molecule has 12 heavy (non-hydrogen) atoms. The second-order valence-corrected chi connectivity index (χ2v) is 4.66. The Morgan fingerprint density at radius 1 is 1.58 bits per heavy atom. The topological polar surface area (TPSA) is 57.6 Å². The zero-order chi connectivity index (χ0) is 9.19. The summed E-state index contributed by atoms with van der Waals surface area (Å²) in [5.74, 6) is 0.417. The van der Waals surface area contributed by atoms with Gasteiger partial charge in [-0.3, -0.25) is 4.55 Å². The molecular formula is C7H15NO3S. The van der Waals surface area contributed by atoms with Crippen LogP contribution in [0.5, 0.6) is 0 Å². The molecule has 1 saturated heterocycles. The van der Waals surface area contributed by atoms with E-state index in [1.54, 1.807) is 0 Å². The van der Waals surface area contributed by atoms with Crippen LogP contribution in [0.25, 0.3) is 0 Å². The molecule has 0 aromatic carbocycles. The second-order valence-electron chi connectivity index (χ2n) is 3.25. The number of nitrogens with zero attached hydrogens (tertiary/aromatic N) is 1. The van der Waals surface area contributed by atoms with Gasteiger partial charge in [0.1, 0.15) is 0 Å². The maximum atomic E-state index is 10.7. The molecule has 72 valence electrons. The molecular weight excluding hydrogens is 178 g/mol. The van der Waals surface area contributed by atoms with Gasteiger partial charge in [0.2, 0.25) is 0 Å². The Hall–Kier alpha value is -0.130. The van der Waals surface area contributed by atoms with Crippen LogP contribution in [0.1, 0.15) is 26.2 Å². The number of piperidine rings is 1. The normalized spacial score (nSPS) is 27.3. The van der Waals surface area contributed by atoms with Gasteiger partial charge in [-0.15, -0.1) is 0 Å². The van der Waals surface area contributed by atoms with Crippen molar-refractivity contribution in [2.24, 2.45) is 5.92 Å². The van der Waals surface area contributed by atoms with Crippen molar-refractivity contribution in [2.75, 3.05) is 13.1 Å². The molecule has 1 unspecified atom stereocenters. The van der Waals surface area contributed by atoms with E-state index in [1.165, 1.54) is 0 Å². The Morgan fingerprint density at radius 2 is 2.25 bits per heavy atom. The fourth-order valence-electron chi connectivity index (χ4n) is 1.57. The zero-order valence-corrected chi connectivity index (χ0v) is 8.05. The summed E-state index contributed by atoms with van der Waals surface area (Å²) in [6, 6.07) is 0. The van der Waals surface area contributed by atoms with E-state index < -0.39 is 10.3 Å². The standard InChI is InChI=1S/C7H15NO3S/c1-2-7-4-3-5-8(6-7)12(9,10)11/h7H,2-6H2,1H3,(H,9,10,11). The van der Waals surface area contributed by atoms with Gasteiger partial charge in [0.25, 0.3) is 0 Å². The second kappa shape index (κ2) is 3.72. The van der Waals surface area contributed by atoms with Gasteiger partial charge in [-0.25, -0.2) is 0 Å². The summed E-state index contributed by atoms with van der Waals surface area (Å²) in [6.07, 6.45) is 2.91. The van der Waals surface area contributed by atoms with E-state index in [9.17, 15) is 8.42 Å². The number of rotatable bonds is 2. The van der Waals surface area contributed by atoms with E-state index >= 15 is 0 Å². The van der Waals surface area contributed by atoms with Crippen molar-refractivity contribution in [1.82, 2.24) is 4.31 Å². The lowest BCUT2D eigenvalue weighted by atomic mass is 9.97. The van der Waals surface area contributed by atoms with E-state index in [-0.39, 0.29) is 0 Å². The molecule has 1 fully saturated rings. The Balaban J connectivity index is 2.58. The first-order chi connectivity index (χ1) is 5.54. The number of hydrogen-bond acceptors (Lipinski definition) is 2. The van der Waals surface area contributed by atoms with E-state index in [0.717, 1.165) is 23.6 Å². The van der Waals surface area contributed by atoms with E-state index in [1.807, 2.05) is 6.92 Å². The van der Waals surface area contributed by atoms with Crippen molar-refractivity contribution >= 4 is 10.3 Å². The molecule has 1 atom stereocenters. The summed E-state index contributed by atoms with van der Waals surface area (Å²) < 4.78 is 31.4. The Labute approximate surface area is 73.4 Å². The molecule has 4 nitrogen and oxygen atoms in total. The van der Waals surface area contributed by atoms with Gasteiger partial charge in [0.05, 0.1) is 0 Å². The third-order valence-corrected chi connectivity index (χ3v) is 3.37. The van der Waals surface area contributed by atoms with Crippen molar-refractivity contribution in [3.63, 3.8) is 0 Å². The van der Waals surface area contributed by atoms with Crippen molar-refractivity contribution in [1.29, 1.82) is 0 Å². The van der Waals surface area contributed by atoms with Crippen LogP contribution in [0.2, 0.25) is 0 Å². The Morgan fingerprint density at radius 3 is 2.75 bits per heavy atom. The average molecular weight is 193 g/mol. The monoisotopic (exact) mass is 193 g/mol. The van der Waals surface area contributed by atoms with Gasteiger partial charge in [-0.05, 0) is 18.8 Å². The van der Waals surface area contributed by atoms with Crippen LogP contribution in [0.3, 0.4) is 0 Å². The summed E-state index contributed by atoms with van der Waals surface area (Å²) in [5.41, 5.74) is 0. The molecule has 0 saturated carbocycles. The first-order valence-electron chi connectivity index (χ1n) is 4.26. The molecule has 0 aromatic rings. The SMILES string of the molecule is CCC1CCCN(S(=O)(=O)O)C1. The molecule has 5 heteroatoms. The lowest BCUT2D eigenvalue weighted by Crippen LogP contribution is -2.39. The smallest absolute Gasteiger partial charge is 0.273 e. The molecule has 1 rings (SSSR count). The summed E-state index contributed by atoms with van der Waals surface area (Å²) in [6.45, 7) is 2.99. The Bertz CT molecular complexity index is 237. The van der Waals surface area contributed by atoms with E-state index in [2.05, 4.69) is 0 Å². The molecule has 1 N–H and O–H groups in total. The summed E-state index contributed by atoms with van der Waals surface area (Å²) >= 11 is 0. The van der Waals surface area contributed by atoms with Crippen LogP contribution < -0.4 is 0 Å². The maximum Gasteiger partial charge on any atom is 0.335 e. The highest BCUT2D eigenvalue weighted by Gasteiger charge is 2.25. The highest BCUT2D eigenvalue weighted by Crippen LogP contribution is 2.20. The third kappa shape index (κ3) is 2.43. The van der Waals surface area contributed by atoms with E-state index in [0.29, 0.717) is 19.0 Å². The molecule has 1 heterocycles. The van der Waals surface area contributed by atoms with Gasteiger partial charge in [0, 0.05) is 13.1 Å². The average Bonchev–Trinajstić information content (AvgIpc) is 2.03. The predicted molar refractivity (Wildman–Crippen MR) is 46.1 cm³/mol. The van der Waals surface area contributed by atoms with Crippen molar-refractivity contribution in [3.05, 3.63) is 0 Å². The van der Waals surface area contributed by atoms with E-state index in [4.69, 9.17) is 4.55 Å². The van der Waals surface area contributed by atoms with Gasteiger partial charge in [0.15, 0.2) is 0 Å². The fourth-order valence-corrected chi connectivity index (χ4v) is 2.33. The molecule has 0 amide bonds. The minimum Gasteiger partial charge on any atom is -0.273 e. The highest BCUT2D eigenvalue weighted by molar-refractivity contribution is 7.83. The van der Waals surface area contributed by atoms with Crippen molar-refractivity contribution in [2.45, 2.75) is 26.2 Å². The van der Waals surface area contributed by atoms with Crippen LogP contribution in [-0.2, 0) is 10.3 Å². The fraction of sp³-hybridized carbons (Fsp3) is 1.00. The lowest BCUT2D eigenvalue weighted by Gasteiger charge is -2.28. The molecule has 0 radical (unpaired) electrons. The van der Waals surface area contributed by atoms with Gasteiger partial charge in [-0.1, -0.05) is 13.3 Å². The van der Waals surface area contributed by atoms with Gasteiger partial charge >= 0.3 is 10.3 Å². The molecule has 0 aromatic heterocycles. The van der Waals surface area contributed by atoms with Crippen LogP contribution in [0, 0.1) is 5.92 Å². The molecule has 0 aliphatic carbocycles. The third-order valence-electron chi connectivity index (χ3n) is 2.39. The molecule has 0 spiro atoms. The van der Waals surface area contributed by atoms with Gasteiger partial charge in [-0.2, -0.15) is 12.7 Å². The first kappa shape index (κ1) is 9.95. The van der Waals surface area contributed by atoms with Crippen LogP contribution in [-0.4, -0.2) is 30.4 Å². The summed E-state index contributed by atoms with van der Waals surface area (Å²) in [5, 5.41) is 0. The van der Waals surface area contributed by atoms with Crippen LogP contribution in [0.15, 0.2) is 0 Å². The van der Waals surface area contributed by atoms with Crippen molar-refractivity contribution < 1.29 is 13.0 Å². The highest BCUT2D eigenvalue weighted by atomic mass is 32.2. The predicted octanol–water partition coefficient (Wildman–Crippen LogP) is 0.911. The van der Waals surface area contributed by atoms with Crippen LogP contribution >= 0.6 is 0 Å². The molecule has 0 bridgehead atoms. The first-order valence-corrected chi connectivity index (χ1v) is 5.66. The van der Waals surface area contributed by atoms with Crippen molar-refractivity contribution in [3.8, 4) is 0 Å². The number of hydrogen-bond donors (Lipinski definition) is 1. The minimum atomic E-state index is -3.94. The van der Waals surface area contributed by atoms with Crippen LogP contribution in [0.4, 0.5) is 0 Å². The Kier molecular flexibility index (Phi) is 3.09. The lowest BCUT2D eigenvalue weighted by molar-refractivity contribution is 0.242. The molecule has 1 aliphatic heterocycles. The summed E-state index contributed by atoms with van der Waals surface area (Å²) in [4.78, 5) is 0. The summed E-state index contributed by atoms with van der Waals surface area (Å²) in [7, 11) is -3.94. The zero-order valence-electron chi connectivity index (χ0n) is 7.23. The van der Waals surface area contributed by atoms with Gasteiger partial charge < -0.3 is 0 Å². The largest absolute Gasteiger partial charge is 0.335 e. The quantitative estimate of drug-likeness (QED) is 0.663. The minimum absolute atomic E-state index is 0.417.